The second-order valence-electron chi connectivity index (χ2n) is 13.1. The molecule has 34 heavy (non-hydrogen) atoms. The number of aliphatic hydroxyl groups is 1. The fourth-order valence-electron chi connectivity index (χ4n) is 11.1. The summed E-state index contributed by atoms with van der Waals surface area (Å²) < 4.78 is 0. The summed E-state index contributed by atoms with van der Waals surface area (Å²) in [5.41, 5.74) is 1.07. The van der Waals surface area contributed by atoms with Gasteiger partial charge in [0.15, 0.2) is 0 Å². The first-order valence-electron chi connectivity index (χ1n) is 14.6. The summed E-state index contributed by atoms with van der Waals surface area (Å²) in [5, 5.41) is 14.1. The van der Waals surface area contributed by atoms with Crippen LogP contribution in [-0.4, -0.2) is 17.8 Å². The molecule has 0 aliphatic heterocycles. The van der Waals surface area contributed by atoms with Crippen LogP contribution in [0.3, 0.4) is 0 Å². The van der Waals surface area contributed by atoms with Crippen molar-refractivity contribution in [1.29, 1.82) is 0 Å². The molecule has 0 aromatic heterocycles. The van der Waals surface area contributed by atoms with E-state index in [2.05, 4.69) is 45.7 Å². The Bertz CT molecular complexity index is 719. The van der Waals surface area contributed by atoms with Crippen LogP contribution in [0.1, 0.15) is 112 Å². The molecule has 1 N–H and O–H groups in total. The number of fused-ring (bicyclic) bond motifs is 7. The van der Waals surface area contributed by atoms with E-state index in [0.29, 0.717) is 29.3 Å². The van der Waals surface area contributed by atoms with Crippen LogP contribution in [0, 0.1) is 75.4 Å². The molecule has 0 amide bonds. The van der Waals surface area contributed by atoms with Crippen LogP contribution < -0.4 is 0 Å². The van der Waals surface area contributed by atoms with Crippen molar-refractivity contribution >= 4 is 0 Å². The van der Waals surface area contributed by atoms with Crippen molar-refractivity contribution in [3.63, 3.8) is 0 Å². The van der Waals surface area contributed by atoms with Crippen LogP contribution in [0.25, 0.3) is 0 Å². The summed E-state index contributed by atoms with van der Waals surface area (Å²) in [6.45, 7) is 14.5. The van der Waals surface area contributed by atoms with E-state index >= 15 is 0 Å². The van der Waals surface area contributed by atoms with E-state index in [9.17, 15) is 10.0 Å². The van der Waals surface area contributed by atoms with Crippen LogP contribution in [0.5, 0.6) is 0 Å². The molecule has 5 fully saturated rings. The summed E-state index contributed by atoms with van der Waals surface area (Å²) in [6, 6.07) is 0.0479. The molecule has 3 nitrogen and oxygen atoms in total. The van der Waals surface area contributed by atoms with Gasteiger partial charge in [-0.05, 0) is 115 Å². The number of hydrogen-bond acceptors (Lipinski definition) is 3. The van der Waals surface area contributed by atoms with Gasteiger partial charge in [-0.15, -0.1) is 12.8 Å². The molecule has 0 radical (unpaired) electrons. The molecule has 194 valence electrons. The largest absolute Gasteiger partial charge is 0.396 e. The van der Waals surface area contributed by atoms with Gasteiger partial charge in [0, 0.05) is 6.61 Å². The third-order valence-corrected chi connectivity index (χ3v) is 12.3. The monoisotopic (exact) mass is 471 g/mol. The number of rotatable bonds is 2. The Morgan fingerprint density at radius 2 is 1.47 bits per heavy atom. The third kappa shape index (κ3) is 3.99. The molecule has 0 heterocycles. The zero-order valence-corrected chi connectivity index (χ0v) is 23.1. The third-order valence-electron chi connectivity index (χ3n) is 12.3. The van der Waals surface area contributed by atoms with Crippen molar-refractivity contribution in [2.24, 2.45) is 62.8 Å². The molecular weight excluding hydrogens is 418 g/mol. The first-order valence-corrected chi connectivity index (χ1v) is 14.6. The van der Waals surface area contributed by atoms with Gasteiger partial charge in [-0.1, -0.05) is 59.6 Å². The summed E-state index contributed by atoms with van der Waals surface area (Å²) in [5.74, 6) is 5.13. The summed E-state index contributed by atoms with van der Waals surface area (Å²) in [7, 11) is 0. The highest BCUT2D eigenvalue weighted by Gasteiger charge is 2.64. The van der Waals surface area contributed by atoms with Gasteiger partial charge in [0.25, 0.3) is 0 Å². The molecule has 0 spiro atoms. The van der Waals surface area contributed by atoms with E-state index in [-0.39, 0.29) is 11.5 Å². The molecule has 11 atom stereocenters. The van der Waals surface area contributed by atoms with Crippen LogP contribution in [0.4, 0.5) is 0 Å². The van der Waals surface area contributed by atoms with Crippen LogP contribution in [0.2, 0.25) is 0 Å². The standard InChI is InChI=1S/C27H45NO2.C2H6.C2H2/c1-17-6-5-12-27(16-29)15-10-21-19(24(17)27)7-8-23-25(3)14-11-22(28-30)18(2)20(25)9-13-26(21,23)4;2*1-2/h17-24,29H,5-16H2,1-4H3;1-2H3;1-2H/t17-,18?,19?,20?,21?,22-,23?,24-,25-,26-,27?;;/m0../s1. The number of nitroso groups, excluding NO2 is 1. The fraction of sp³-hybridized carbons (Fsp3) is 0.935. The van der Waals surface area contributed by atoms with Crippen LogP contribution in [-0.2, 0) is 0 Å². The quantitative estimate of drug-likeness (QED) is 0.327. The Kier molecular flexibility index (Phi) is 8.65. The summed E-state index contributed by atoms with van der Waals surface area (Å²) in [4.78, 5) is 11.4. The van der Waals surface area contributed by atoms with Crippen LogP contribution >= 0.6 is 0 Å². The lowest BCUT2D eigenvalue weighted by molar-refractivity contribution is -0.203. The average molecular weight is 472 g/mol. The summed E-state index contributed by atoms with van der Waals surface area (Å²) >= 11 is 0. The second kappa shape index (κ2) is 10.6. The number of hydrogen-bond donors (Lipinski definition) is 1. The lowest BCUT2D eigenvalue weighted by atomic mass is 9.36. The van der Waals surface area contributed by atoms with E-state index < -0.39 is 0 Å². The maximum Gasteiger partial charge on any atom is 0.0948 e. The minimum atomic E-state index is 0.0479. The van der Waals surface area contributed by atoms with Crippen LogP contribution in [0.15, 0.2) is 5.18 Å². The van der Waals surface area contributed by atoms with Gasteiger partial charge < -0.3 is 5.11 Å². The van der Waals surface area contributed by atoms with Gasteiger partial charge in [0.1, 0.15) is 0 Å². The minimum absolute atomic E-state index is 0.0479. The Labute approximate surface area is 210 Å². The Balaban J connectivity index is 0.000000771. The molecule has 5 aliphatic rings. The van der Waals surface area contributed by atoms with Gasteiger partial charge in [0.2, 0.25) is 0 Å². The van der Waals surface area contributed by atoms with Crippen molar-refractivity contribution in [3.05, 3.63) is 4.91 Å². The van der Waals surface area contributed by atoms with Gasteiger partial charge >= 0.3 is 0 Å². The zero-order valence-electron chi connectivity index (χ0n) is 23.1. The van der Waals surface area contributed by atoms with E-state index in [0.717, 1.165) is 36.0 Å². The van der Waals surface area contributed by atoms with Gasteiger partial charge in [0.05, 0.1) is 6.04 Å². The van der Waals surface area contributed by atoms with E-state index in [4.69, 9.17) is 0 Å². The van der Waals surface area contributed by atoms with Crippen molar-refractivity contribution in [2.45, 2.75) is 118 Å². The molecule has 5 saturated carbocycles. The average Bonchev–Trinajstić information content (AvgIpc) is 2.86. The molecule has 5 aliphatic carbocycles. The number of terminal acetylenes is 1. The predicted octanol–water partition coefficient (Wildman–Crippen LogP) is 8.10. The van der Waals surface area contributed by atoms with E-state index in [1.165, 1.54) is 64.2 Å². The molecular formula is C31H53NO2. The number of nitrogens with zero attached hydrogens (tertiary/aromatic N) is 1. The Hall–Kier alpha value is -0.880. The molecule has 3 heteroatoms. The smallest absolute Gasteiger partial charge is 0.0948 e. The highest BCUT2D eigenvalue weighted by atomic mass is 16.3. The zero-order chi connectivity index (χ0) is 25.3. The van der Waals surface area contributed by atoms with Crippen molar-refractivity contribution in [3.8, 4) is 12.8 Å². The molecule has 0 saturated heterocycles. The SMILES string of the molecule is C#C.CC.CC1C2CC[C@@]3(C)C4CCC5(CO)CCC[C@H](C)[C@H]5C4CCC3[C@@]2(C)CC[C@@H]1N=O. The Morgan fingerprint density at radius 3 is 2.12 bits per heavy atom. The highest BCUT2D eigenvalue weighted by Crippen LogP contribution is 2.71. The van der Waals surface area contributed by atoms with Gasteiger partial charge in [-0.25, -0.2) is 0 Å². The van der Waals surface area contributed by atoms with Crippen molar-refractivity contribution in [2.75, 3.05) is 6.61 Å². The van der Waals surface area contributed by atoms with E-state index in [1.807, 2.05) is 13.8 Å². The lowest BCUT2D eigenvalue weighted by Gasteiger charge is -2.69. The summed E-state index contributed by atoms with van der Waals surface area (Å²) in [6.07, 6.45) is 22.2. The first-order chi connectivity index (χ1) is 16.3. The molecule has 6 unspecified atom stereocenters. The lowest BCUT2D eigenvalue weighted by Crippen LogP contribution is -2.62. The van der Waals surface area contributed by atoms with Crippen molar-refractivity contribution in [1.82, 2.24) is 0 Å². The molecule has 0 aromatic carbocycles. The first kappa shape index (κ1) is 27.7. The van der Waals surface area contributed by atoms with Gasteiger partial charge in [-0.2, -0.15) is 4.91 Å². The maximum absolute atomic E-state index is 11.4. The molecule has 0 bridgehead atoms. The Morgan fingerprint density at radius 1 is 0.853 bits per heavy atom. The topological polar surface area (TPSA) is 49.7 Å². The maximum atomic E-state index is 11.4. The highest BCUT2D eigenvalue weighted by molar-refractivity contribution is 5.14. The normalized spacial score (nSPS) is 51.4. The van der Waals surface area contributed by atoms with Gasteiger partial charge in [-0.3, -0.25) is 0 Å². The second-order valence-corrected chi connectivity index (χ2v) is 13.1. The van der Waals surface area contributed by atoms with Crippen molar-refractivity contribution < 1.29 is 5.11 Å². The molecule has 0 aromatic rings. The van der Waals surface area contributed by atoms with E-state index in [1.54, 1.807) is 0 Å². The minimum Gasteiger partial charge on any atom is -0.396 e. The number of aliphatic hydroxyl groups excluding tert-OH is 1. The fourth-order valence-corrected chi connectivity index (χ4v) is 11.1. The predicted molar refractivity (Wildman–Crippen MR) is 143 cm³/mol. The molecule has 5 rings (SSSR count).